The van der Waals surface area contributed by atoms with Gasteiger partial charge < -0.3 is 15.5 Å². The Morgan fingerprint density at radius 2 is 1.16 bits per heavy atom. The zero-order chi connectivity index (χ0) is 23.7. The van der Waals surface area contributed by atoms with Gasteiger partial charge in [0.05, 0.1) is 18.8 Å². The molecule has 0 saturated carbocycles. The van der Waals surface area contributed by atoms with Crippen LogP contribution in [-0.4, -0.2) is 34.9 Å². The lowest BCUT2D eigenvalue weighted by molar-refractivity contribution is -0.123. The molecule has 0 rings (SSSR count). The predicted octanol–water partition coefficient (Wildman–Crippen LogP) is 7.22. The van der Waals surface area contributed by atoms with Crippen molar-refractivity contribution < 1.29 is 15.0 Å². The Balaban J connectivity index is 3.72. The molecular formula is C28H55NO3. The second-order valence-corrected chi connectivity index (χ2v) is 9.47. The molecule has 0 unspecified atom stereocenters. The molecule has 0 aromatic carbocycles. The summed E-state index contributed by atoms with van der Waals surface area (Å²) < 4.78 is 0. The highest BCUT2D eigenvalue weighted by Crippen LogP contribution is 2.12. The first-order chi connectivity index (χ1) is 15.7. The van der Waals surface area contributed by atoms with Crippen molar-refractivity contribution in [1.29, 1.82) is 0 Å². The Kier molecular flexibility index (Phi) is 24.1. The number of aliphatic hydroxyl groups excluding tert-OH is 2. The van der Waals surface area contributed by atoms with Gasteiger partial charge in [-0.15, -0.1) is 0 Å². The van der Waals surface area contributed by atoms with Crippen LogP contribution in [0.5, 0.6) is 0 Å². The van der Waals surface area contributed by atoms with Crippen LogP contribution < -0.4 is 5.32 Å². The van der Waals surface area contributed by atoms with Crippen LogP contribution in [0.15, 0.2) is 12.2 Å². The largest absolute Gasteiger partial charge is 0.394 e. The van der Waals surface area contributed by atoms with E-state index in [2.05, 4.69) is 19.2 Å². The van der Waals surface area contributed by atoms with Gasteiger partial charge in [-0.05, 0) is 19.3 Å². The highest BCUT2D eigenvalue weighted by molar-refractivity contribution is 5.76. The van der Waals surface area contributed by atoms with E-state index in [0.29, 0.717) is 6.42 Å². The fourth-order valence-corrected chi connectivity index (χ4v) is 4.06. The summed E-state index contributed by atoms with van der Waals surface area (Å²) in [5.74, 6) is -0.0709. The van der Waals surface area contributed by atoms with Crippen LogP contribution in [0.2, 0.25) is 0 Å². The number of unbranched alkanes of at least 4 members (excludes halogenated alkanes) is 17. The van der Waals surface area contributed by atoms with Crippen molar-refractivity contribution in [2.24, 2.45) is 0 Å². The van der Waals surface area contributed by atoms with Gasteiger partial charge in [0, 0.05) is 6.42 Å². The summed E-state index contributed by atoms with van der Waals surface area (Å²) in [5, 5.41) is 22.6. The molecule has 0 radical (unpaired) electrons. The number of rotatable bonds is 24. The summed E-state index contributed by atoms with van der Waals surface area (Å²) in [6.45, 7) is 4.24. The number of hydrogen-bond donors (Lipinski definition) is 3. The van der Waals surface area contributed by atoms with E-state index >= 15 is 0 Å². The van der Waals surface area contributed by atoms with Gasteiger partial charge in [-0.1, -0.05) is 129 Å². The molecule has 0 bridgehead atoms. The maximum absolute atomic E-state index is 12.1. The molecular weight excluding hydrogens is 398 g/mol. The van der Waals surface area contributed by atoms with Gasteiger partial charge >= 0.3 is 0 Å². The van der Waals surface area contributed by atoms with Crippen LogP contribution >= 0.6 is 0 Å². The fourth-order valence-electron chi connectivity index (χ4n) is 4.06. The lowest BCUT2D eigenvalue weighted by Crippen LogP contribution is -2.45. The third-order valence-corrected chi connectivity index (χ3v) is 6.27. The van der Waals surface area contributed by atoms with Crippen LogP contribution in [-0.2, 0) is 4.79 Å². The molecule has 0 aromatic heterocycles. The number of hydrogen-bond acceptors (Lipinski definition) is 3. The normalized spacial score (nSPS) is 13.5. The zero-order valence-corrected chi connectivity index (χ0v) is 21.5. The molecule has 2 atom stereocenters. The maximum Gasteiger partial charge on any atom is 0.220 e. The molecule has 4 nitrogen and oxygen atoms in total. The minimum Gasteiger partial charge on any atom is -0.394 e. The maximum atomic E-state index is 12.1. The first-order valence-corrected chi connectivity index (χ1v) is 13.9. The molecule has 1 amide bonds. The van der Waals surface area contributed by atoms with Crippen molar-refractivity contribution in [3.8, 4) is 0 Å². The van der Waals surface area contributed by atoms with Crippen molar-refractivity contribution in [2.45, 2.75) is 154 Å². The Morgan fingerprint density at radius 1 is 0.719 bits per heavy atom. The third-order valence-electron chi connectivity index (χ3n) is 6.27. The van der Waals surface area contributed by atoms with Gasteiger partial charge in [-0.2, -0.15) is 0 Å². The zero-order valence-electron chi connectivity index (χ0n) is 21.5. The number of carbonyl (C=O) groups excluding carboxylic acids is 1. The van der Waals surface area contributed by atoms with E-state index in [9.17, 15) is 15.0 Å². The Hall–Kier alpha value is -0.870. The molecule has 0 heterocycles. The average Bonchev–Trinajstić information content (AvgIpc) is 2.79. The SMILES string of the molecule is CCCCCCCCCCC/C=C/[C@@H](O)[C@H](CO)NC(=O)CCCCCCCCCCC. The van der Waals surface area contributed by atoms with Crippen LogP contribution in [0.1, 0.15) is 142 Å². The van der Waals surface area contributed by atoms with Gasteiger partial charge in [0.25, 0.3) is 0 Å². The number of amides is 1. The predicted molar refractivity (Wildman–Crippen MR) is 138 cm³/mol. The number of carbonyl (C=O) groups is 1. The van der Waals surface area contributed by atoms with E-state index in [4.69, 9.17) is 0 Å². The molecule has 0 fully saturated rings. The van der Waals surface area contributed by atoms with E-state index in [1.165, 1.54) is 96.3 Å². The average molecular weight is 454 g/mol. The number of aliphatic hydroxyl groups is 2. The second kappa shape index (κ2) is 24.8. The van der Waals surface area contributed by atoms with Gasteiger partial charge in [-0.25, -0.2) is 0 Å². The first kappa shape index (κ1) is 31.1. The monoisotopic (exact) mass is 453 g/mol. The summed E-state index contributed by atoms with van der Waals surface area (Å²) >= 11 is 0. The minimum absolute atomic E-state index is 0.0709. The van der Waals surface area contributed by atoms with Crippen LogP contribution in [0, 0.1) is 0 Å². The third kappa shape index (κ3) is 21.0. The van der Waals surface area contributed by atoms with Gasteiger partial charge in [0.15, 0.2) is 0 Å². The van der Waals surface area contributed by atoms with Crippen molar-refractivity contribution in [3.05, 3.63) is 12.2 Å². The molecule has 0 spiro atoms. The Bertz CT molecular complexity index is 425. The molecule has 3 N–H and O–H groups in total. The summed E-state index contributed by atoms with van der Waals surface area (Å²) in [6.07, 6.45) is 27.0. The molecule has 0 aliphatic rings. The summed E-state index contributed by atoms with van der Waals surface area (Å²) in [4.78, 5) is 12.1. The summed E-state index contributed by atoms with van der Waals surface area (Å²) in [5.41, 5.74) is 0. The second-order valence-electron chi connectivity index (χ2n) is 9.47. The van der Waals surface area contributed by atoms with E-state index in [1.807, 2.05) is 6.08 Å². The standard InChI is InChI=1S/C28H55NO3/c1-3-5-7-9-11-13-14-16-17-19-21-23-27(31)26(25-30)29-28(32)24-22-20-18-15-12-10-8-6-4-2/h21,23,26-27,30-31H,3-20,22,24-25H2,1-2H3,(H,29,32)/b23-21+/t26-,27+/m0/s1. The van der Waals surface area contributed by atoms with Crippen molar-refractivity contribution in [3.63, 3.8) is 0 Å². The van der Waals surface area contributed by atoms with Crippen molar-refractivity contribution >= 4 is 5.91 Å². The van der Waals surface area contributed by atoms with Crippen molar-refractivity contribution in [2.75, 3.05) is 6.61 Å². The van der Waals surface area contributed by atoms with E-state index in [1.54, 1.807) is 6.08 Å². The number of nitrogens with one attached hydrogen (secondary N) is 1. The summed E-state index contributed by atoms with van der Waals surface area (Å²) in [7, 11) is 0. The molecule has 190 valence electrons. The minimum atomic E-state index is -0.828. The Labute approximate surface area is 199 Å². The topological polar surface area (TPSA) is 69.6 Å². The van der Waals surface area contributed by atoms with Gasteiger partial charge in [-0.3, -0.25) is 4.79 Å². The van der Waals surface area contributed by atoms with Crippen LogP contribution in [0.3, 0.4) is 0 Å². The lowest BCUT2D eigenvalue weighted by Gasteiger charge is -2.20. The number of allylic oxidation sites excluding steroid dienone is 1. The quantitative estimate of drug-likeness (QED) is 0.107. The molecule has 0 aliphatic heterocycles. The van der Waals surface area contributed by atoms with E-state index in [0.717, 1.165) is 25.7 Å². The molecule has 0 aliphatic carbocycles. The van der Waals surface area contributed by atoms with E-state index in [-0.39, 0.29) is 12.5 Å². The van der Waals surface area contributed by atoms with Crippen LogP contribution in [0.4, 0.5) is 0 Å². The molecule has 4 heteroatoms. The van der Waals surface area contributed by atoms with Crippen molar-refractivity contribution in [1.82, 2.24) is 5.32 Å². The first-order valence-electron chi connectivity index (χ1n) is 13.9. The molecule has 32 heavy (non-hydrogen) atoms. The Morgan fingerprint density at radius 3 is 1.62 bits per heavy atom. The van der Waals surface area contributed by atoms with Crippen LogP contribution in [0.25, 0.3) is 0 Å². The molecule has 0 saturated heterocycles. The molecule has 0 aromatic rings. The summed E-state index contributed by atoms with van der Waals surface area (Å²) in [6, 6.07) is -0.611. The highest BCUT2D eigenvalue weighted by atomic mass is 16.3. The highest BCUT2D eigenvalue weighted by Gasteiger charge is 2.17. The van der Waals surface area contributed by atoms with Gasteiger partial charge in [0.1, 0.15) is 0 Å². The van der Waals surface area contributed by atoms with Gasteiger partial charge in [0.2, 0.25) is 5.91 Å². The fraction of sp³-hybridized carbons (Fsp3) is 0.893. The lowest BCUT2D eigenvalue weighted by atomic mass is 10.1. The smallest absolute Gasteiger partial charge is 0.220 e. The van der Waals surface area contributed by atoms with E-state index < -0.39 is 12.1 Å².